The fourth-order valence-corrected chi connectivity index (χ4v) is 3.23. The van der Waals surface area contributed by atoms with Crippen LogP contribution in [0.5, 0.6) is 0 Å². The summed E-state index contributed by atoms with van der Waals surface area (Å²) in [5.41, 5.74) is 0. The van der Waals surface area contributed by atoms with E-state index in [1.54, 1.807) is 0 Å². The van der Waals surface area contributed by atoms with Gasteiger partial charge in [-0.3, -0.25) is 0 Å². The molecule has 0 N–H and O–H groups in total. The predicted molar refractivity (Wildman–Crippen MR) is 69.9 cm³/mol. The lowest BCUT2D eigenvalue weighted by atomic mass is 10.3. The average molecular weight is 339 g/mol. The van der Waals surface area contributed by atoms with Crippen LogP contribution in [0.15, 0.2) is 26.2 Å². The van der Waals surface area contributed by atoms with Gasteiger partial charge in [0.15, 0.2) is 0 Å². The number of pyridine rings is 1. The first-order valence-corrected chi connectivity index (χ1v) is 7.25. The van der Waals surface area contributed by atoms with Crippen molar-refractivity contribution in [3.05, 3.63) is 21.2 Å². The molecule has 0 aliphatic carbocycles. The van der Waals surface area contributed by atoms with Gasteiger partial charge in [0.05, 0.1) is 4.47 Å². The van der Waals surface area contributed by atoms with E-state index in [0.717, 1.165) is 19.7 Å². The summed E-state index contributed by atoms with van der Waals surface area (Å²) in [6.45, 7) is 2.22. The summed E-state index contributed by atoms with van der Waals surface area (Å²) in [7, 11) is 0. The van der Waals surface area contributed by atoms with Crippen molar-refractivity contribution in [2.45, 2.75) is 31.2 Å². The van der Waals surface area contributed by atoms with Gasteiger partial charge in [-0.05, 0) is 50.1 Å². The molecule has 4 heteroatoms. The summed E-state index contributed by atoms with van der Waals surface area (Å²) in [5, 5.41) is 1.09. The minimum Gasteiger partial charge on any atom is -0.248 e. The van der Waals surface area contributed by atoms with Crippen molar-refractivity contribution >= 4 is 43.6 Å². The molecular weight excluding hydrogens is 326 g/mol. The lowest BCUT2D eigenvalue weighted by Gasteiger charge is -2.02. The molecule has 1 nitrogen and oxygen atoms in total. The molecular formula is C10H13Br2NS. The van der Waals surface area contributed by atoms with Crippen molar-refractivity contribution < 1.29 is 0 Å². The maximum Gasteiger partial charge on any atom is 0.110 e. The van der Waals surface area contributed by atoms with Gasteiger partial charge in [0.1, 0.15) is 5.03 Å². The number of nitrogens with zero attached hydrogens (tertiary/aromatic N) is 1. The molecule has 0 radical (unpaired) electrons. The largest absolute Gasteiger partial charge is 0.248 e. The van der Waals surface area contributed by atoms with Crippen LogP contribution in [-0.2, 0) is 0 Å². The summed E-state index contributed by atoms with van der Waals surface area (Å²) in [5.74, 6) is 1.15. The number of rotatable bonds is 5. The maximum atomic E-state index is 4.34. The van der Waals surface area contributed by atoms with Gasteiger partial charge in [-0.1, -0.05) is 19.8 Å². The molecule has 0 unspecified atom stereocenters. The van der Waals surface area contributed by atoms with Gasteiger partial charge < -0.3 is 0 Å². The van der Waals surface area contributed by atoms with Crippen molar-refractivity contribution in [2.24, 2.45) is 0 Å². The first-order valence-electron chi connectivity index (χ1n) is 4.68. The fraction of sp³-hybridized carbons (Fsp3) is 0.500. The average Bonchev–Trinajstić information content (AvgIpc) is 2.15. The van der Waals surface area contributed by atoms with E-state index in [0.29, 0.717) is 0 Å². The van der Waals surface area contributed by atoms with Gasteiger partial charge >= 0.3 is 0 Å². The Morgan fingerprint density at radius 3 is 2.79 bits per heavy atom. The van der Waals surface area contributed by atoms with E-state index in [2.05, 4.69) is 43.8 Å². The highest BCUT2D eigenvalue weighted by atomic mass is 79.9. The molecule has 1 heterocycles. The third-order valence-electron chi connectivity index (χ3n) is 1.76. The SMILES string of the molecule is CCCCCSc1ncc(Br)cc1Br. The fourth-order valence-electron chi connectivity index (χ4n) is 1.03. The van der Waals surface area contributed by atoms with E-state index in [-0.39, 0.29) is 0 Å². The molecule has 0 amide bonds. The van der Waals surface area contributed by atoms with Crippen LogP contribution in [-0.4, -0.2) is 10.7 Å². The highest BCUT2D eigenvalue weighted by Crippen LogP contribution is 2.28. The van der Waals surface area contributed by atoms with Crippen molar-refractivity contribution in [3.63, 3.8) is 0 Å². The van der Waals surface area contributed by atoms with E-state index < -0.39 is 0 Å². The van der Waals surface area contributed by atoms with Crippen LogP contribution in [0.2, 0.25) is 0 Å². The Morgan fingerprint density at radius 2 is 2.14 bits per heavy atom. The second-order valence-electron chi connectivity index (χ2n) is 3.00. The molecule has 14 heavy (non-hydrogen) atoms. The van der Waals surface area contributed by atoms with Crippen molar-refractivity contribution in [1.29, 1.82) is 0 Å². The Bertz CT molecular complexity index is 291. The second-order valence-corrected chi connectivity index (χ2v) is 5.85. The molecule has 0 saturated carbocycles. The summed E-state index contributed by atoms with van der Waals surface area (Å²) >= 11 is 8.71. The first-order chi connectivity index (χ1) is 6.74. The summed E-state index contributed by atoms with van der Waals surface area (Å²) < 4.78 is 2.09. The molecule has 0 aromatic carbocycles. The highest BCUT2D eigenvalue weighted by Gasteiger charge is 2.02. The zero-order chi connectivity index (χ0) is 10.4. The zero-order valence-corrected chi connectivity index (χ0v) is 12.1. The quantitative estimate of drug-likeness (QED) is 0.560. The predicted octanol–water partition coefficient (Wildman–Crippen LogP) is 4.89. The van der Waals surface area contributed by atoms with Gasteiger partial charge in [0.25, 0.3) is 0 Å². The van der Waals surface area contributed by atoms with Crippen molar-refractivity contribution in [2.75, 3.05) is 5.75 Å². The van der Waals surface area contributed by atoms with E-state index in [1.807, 2.05) is 24.0 Å². The molecule has 0 aliphatic heterocycles. The van der Waals surface area contributed by atoms with Crippen LogP contribution >= 0.6 is 43.6 Å². The first kappa shape index (κ1) is 12.5. The lowest BCUT2D eigenvalue weighted by molar-refractivity contribution is 0.778. The standard InChI is InChI=1S/C10H13Br2NS/c1-2-3-4-5-14-10-9(12)6-8(11)7-13-10/h6-7H,2-5H2,1H3. The lowest BCUT2D eigenvalue weighted by Crippen LogP contribution is -1.85. The van der Waals surface area contributed by atoms with Crippen molar-refractivity contribution in [1.82, 2.24) is 4.98 Å². The summed E-state index contributed by atoms with van der Waals surface area (Å²) in [6, 6.07) is 2.04. The van der Waals surface area contributed by atoms with Crippen LogP contribution in [0, 0.1) is 0 Å². The zero-order valence-electron chi connectivity index (χ0n) is 8.09. The van der Waals surface area contributed by atoms with Gasteiger partial charge in [-0.25, -0.2) is 4.98 Å². The summed E-state index contributed by atoms with van der Waals surface area (Å²) in [6.07, 6.45) is 5.69. The smallest absolute Gasteiger partial charge is 0.110 e. The number of thioether (sulfide) groups is 1. The highest BCUT2D eigenvalue weighted by molar-refractivity contribution is 9.11. The summed E-state index contributed by atoms with van der Waals surface area (Å²) in [4.78, 5) is 4.34. The van der Waals surface area contributed by atoms with Crippen LogP contribution < -0.4 is 0 Å². The second kappa shape index (κ2) is 6.85. The molecule has 0 saturated heterocycles. The molecule has 1 aromatic rings. The van der Waals surface area contributed by atoms with Crippen LogP contribution in [0.25, 0.3) is 0 Å². The Kier molecular flexibility index (Phi) is 6.13. The van der Waals surface area contributed by atoms with Crippen molar-refractivity contribution in [3.8, 4) is 0 Å². The minimum atomic E-state index is 1.02. The third kappa shape index (κ3) is 4.32. The molecule has 78 valence electrons. The Morgan fingerprint density at radius 1 is 1.36 bits per heavy atom. The monoisotopic (exact) mass is 337 g/mol. The van der Waals surface area contributed by atoms with Crippen LogP contribution in [0.1, 0.15) is 26.2 Å². The Hall–Kier alpha value is 0.460. The molecule has 1 aromatic heterocycles. The number of aromatic nitrogens is 1. The molecule has 0 bridgehead atoms. The number of halogens is 2. The maximum absolute atomic E-state index is 4.34. The van der Waals surface area contributed by atoms with E-state index in [1.165, 1.54) is 19.3 Å². The van der Waals surface area contributed by atoms with E-state index in [4.69, 9.17) is 0 Å². The van der Waals surface area contributed by atoms with Gasteiger partial charge in [-0.15, -0.1) is 11.8 Å². The van der Waals surface area contributed by atoms with Gasteiger partial charge in [0.2, 0.25) is 0 Å². The number of hydrogen-bond acceptors (Lipinski definition) is 2. The van der Waals surface area contributed by atoms with Crippen LogP contribution in [0.4, 0.5) is 0 Å². The minimum absolute atomic E-state index is 1.02. The Labute approximate surface area is 106 Å². The molecule has 1 rings (SSSR count). The van der Waals surface area contributed by atoms with Crippen LogP contribution in [0.3, 0.4) is 0 Å². The van der Waals surface area contributed by atoms with Gasteiger partial charge in [-0.2, -0.15) is 0 Å². The van der Waals surface area contributed by atoms with Gasteiger partial charge in [0, 0.05) is 10.7 Å². The topological polar surface area (TPSA) is 12.9 Å². The molecule has 0 fully saturated rings. The Balaban J connectivity index is 2.42. The third-order valence-corrected chi connectivity index (χ3v) is 4.15. The normalized spacial score (nSPS) is 10.5. The number of hydrogen-bond donors (Lipinski definition) is 0. The molecule has 0 aliphatic rings. The molecule has 0 spiro atoms. The van der Waals surface area contributed by atoms with E-state index in [9.17, 15) is 0 Å². The number of unbranched alkanes of at least 4 members (excludes halogenated alkanes) is 2. The molecule has 0 atom stereocenters. The van der Waals surface area contributed by atoms with E-state index >= 15 is 0 Å².